The standard InChI is InChI=1S/C51H48/c1-3-5-7-11-31-51(32-12-8-6-4-2)47-33-39(42-20-14-16-35-15-9-10-19-41(35)42)25-28-44(47)45-29-26-40(34-48(45)51)43-27-23-38-22-21-36-17-13-18-37-24-30-46(43)50(38)49(36)37/h9-10,13-30,33-34H,3-8,11-12,31-32H2,1-2H3. The first kappa shape index (κ1) is 32.0. The molecule has 0 saturated heterocycles. The van der Waals surface area contributed by atoms with Gasteiger partial charge in [-0.15, -0.1) is 0 Å². The fourth-order valence-electron chi connectivity index (χ4n) is 9.67. The first-order chi connectivity index (χ1) is 25.2. The summed E-state index contributed by atoms with van der Waals surface area (Å²) in [7, 11) is 0. The quantitative estimate of drug-likeness (QED) is 0.0904. The van der Waals surface area contributed by atoms with Gasteiger partial charge in [0.2, 0.25) is 0 Å². The molecule has 0 unspecified atom stereocenters. The van der Waals surface area contributed by atoms with Gasteiger partial charge < -0.3 is 0 Å². The van der Waals surface area contributed by atoms with E-state index in [1.807, 2.05) is 0 Å². The lowest BCUT2D eigenvalue weighted by atomic mass is 9.70. The molecule has 0 atom stereocenters. The minimum Gasteiger partial charge on any atom is -0.0654 e. The summed E-state index contributed by atoms with van der Waals surface area (Å²) in [6.45, 7) is 4.67. The van der Waals surface area contributed by atoms with Gasteiger partial charge in [0.25, 0.3) is 0 Å². The molecule has 0 heteroatoms. The molecule has 0 nitrogen and oxygen atoms in total. The van der Waals surface area contributed by atoms with Gasteiger partial charge >= 0.3 is 0 Å². The van der Waals surface area contributed by atoms with Gasteiger partial charge in [-0.2, -0.15) is 0 Å². The SMILES string of the molecule is CCCCCCC1(CCCCCC)c2cc(-c3cccc4ccccc34)ccc2-c2ccc(-c3ccc4ccc5cccc6ccc3c4c56)cc21. The van der Waals surface area contributed by atoms with E-state index in [0.717, 1.165) is 0 Å². The molecular weight excluding hydrogens is 613 g/mol. The summed E-state index contributed by atoms with van der Waals surface area (Å²) in [5.41, 5.74) is 11.4. The normalized spacial score (nSPS) is 13.5. The van der Waals surface area contributed by atoms with Crippen LogP contribution in [0.25, 0.3) is 76.5 Å². The zero-order chi connectivity index (χ0) is 34.4. The van der Waals surface area contributed by atoms with Crippen molar-refractivity contribution >= 4 is 43.1 Å². The van der Waals surface area contributed by atoms with Crippen LogP contribution < -0.4 is 0 Å². The van der Waals surface area contributed by atoms with Gasteiger partial charge in [0.15, 0.2) is 0 Å². The highest BCUT2D eigenvalue weighted by Gasteiger charge is 2.42. The number of hydrogen-bond acceptors (Lipinski definition) is 0. The molecule has 1 aliphatic carbocycles. The molecule has 8 aromatic carbocycles. The van der Waals surface area contributed by atoms with Gasteiger partial charge in [0, 0.05) is 5.41 Å². The largest absolute Gasteiger partial charge is 0.0654 e. The summed E-state index contributed by atoms with van der Waals surface area (Å²) in [5.74, 6) is 0. The van der Waals surface area contributed by atoms with Gasteiger partial charge in [0.05, 0.1) is 0 Å². The van der Waals surface area contributed by atoms with Crippen molar-refractivity contribution < 1.29 is 0 Å². The van der Waals surface area contributed by atoms with Crippen LogP contribution in [0.3, 0.4) is 0 Å². The fourth-order valence-corrected chi connectivity index (χ4v) is 9.67. The molecule has 0 radical (unpaired) electrons. The molecule has 0 heterocycles. The molecule has 8 aromatic rings. The van der Waals surface area contributed by atoms with Crippen LogP contribution in [0.2, 0.25) is 0 Å². The Bertz CT molecular complexity index is 2480. The Morgan fingerprint density at radius 2 is 0.882 bits per heavy atom. The molecule has 1 aliphatic rings. The van der Waals surface area contributed by atoms with Crippen LogP contribution in [0.15, 0.2) is 133 Å². The van der Waals surface area contributed by atoms with Crippen molar-refractivity contribution in [1.29, 1.82) is 0 Å². The highest BCUT2D eigenvalue weighted by molar-refractivity contribution is 6.25. The van der Waals surface area contributed by atoms with Crippen LogP contribution in [-0.2, 0) is 5.41 Å². The minimum atomic E-state index is 0.00649. The van der Waals surface area contributed by atoms with E-state index in [4.69, 9.17) is 0 Å². The lowest BCUT2D eigenvalue weighted by Crippen LogP contribution is -2.25. The Kier molecular flexibility index (Phi) is 8.35. The van der Waals surface area contributed by atoms with Crippen molar-refractivity contribution in [3.05, 3.63) is 145 Å². The smallest absolute Gasteiger partial charge is 0.0215 e. The maximum atomic E-state index is 2.62. The average molecular weight is 661 g/mol. The van der Waals surface area contributed by atoms with E-state index in [1.54, 1.807) is 11.1 Å². The molecule has 0 spiro atoms. The van der Waals surface area contributed by atoms with Crippen LogP contribution in [0.4, 0.5) is 0 Å². The van der Waals surface area contributed by atoms with Crippen molar-refractivity contribution in [2.75, 3.05) is 0 Å². The maximum absolute atomic E-state index is 2.62. The zero-order valence-electron chi connectivity index (χ0n) is 30.3. The Hall–Kier alpha value is -4.94. The summed E-state index contributed by atoms with van der Waals surface area (Å²) in [5, 5.41) is 10.8. The molecule has 9 rings (SSSR count). The Balaban J connectivity index is 1.24. The van der Waals surface area contributed by atoms with Gasteiger partial charge in [-0.05, 0) is 113 Å². The molecule has 0 aliphatic heterocycles. The van der Waals surface area contributed by atoms with E-state index >= 15 is 0 Å². The third kappa shape index (κ3) is 5.34. The Morgan fingerprint density at radius 1 is 0.373 bits per heavy atom. The molecule has 252 valence electrons. The monoisotopic (exact) mass is 660 g/mol. The second-order valence-corrected chi connectivity index (χ2v) is 15.2. The molecule has 0 amide bonds. The molecular formula is C51H48. The molecule has 0 saturated carbocycles. The van der Waals surface area contributed by atoms with Crippen LogP contribution in [0.1, 0.15) is 89.2 Å². The summed E-state index contributed by atoms with van der Waals surface area (Å²) in [6.07, 6.45) is 12.7. The van der Waals surface area contributed by atoms with Crippen LogP contribution in [-0.4, -0.2) is 0 Å². The van der Waals surface area contributed by atoms with Gasteiger partial charge in [-0.1, -0.05) is 187 Å². The molecule has 0 bridgehead atoms. The van der Waals surface area contributed by atoms with Gasteiger partial charge in [-0.25, -0.2) is 0 Å². The Labute approximate surface area is 303 Å². The maximum Gasteiger partial charge on any atom is 0.0215 e. The average Bonchev–Trinajstić information content (AvgIpc) is 3.45. The second-order valence-electron chi connectivity index (χ2n) is 15.2. The molecule has 51 heavy (non-hydrogen) atoms. The van der Waals surface area contributed by atoms with E-state index in [-0.39, 0.29) is 5.41 Å². The lowest BCUT2D eigenvalue weighted by molar-refractivity contribution is 0.401. The van der Waals surface area contributed by atoms with Crippen LogP contribution in [0.5, 0.6) is 0 Å². The summed E-state index contributed by atoms with van der Waals surface area (Å²) in [6, 6.07) is 51.4. The Morgan fingerprint density at radius 3 is 1.55 bits per heavy atom. The van der Waals surface area contributed by atoms with Crippen molar-refractivity contribution in [2.24, 2.45) is 0 Å². The summed E-state index contributed by atoms with van der Waals surface area (Å²) in [4.78, 5) is 0. The number of benzene rings is 8. The number of unbranched alkanes of at least 4 members (excludes halogenated alkanes) is 6. The lowest BCUT2D eigenvalue weighted by Gasteiger charge is -2.33. The first-order valence-electron chi connectivity index (χ1n) is 19.6. The predicted molar refractivity (Wildman–Crippen MR) is 222 cm³/mol. The highest BCUT2D eigenvalue weighted by Crippen LogP contribution is 2.56. The number of fused-ring (bicyclic) bond motifs is 4. The molecule has 0 fully saturated rings. The summed E-state index contributed by atoms with van der Waals surface area (Å²) >= 11 is 0. The van der Waals surface area contributed by atoms with E-state index in [9.17, 15) is 0 Å². The highest BCUT2D eigenvalue weighted by atomic mass is 14.5. The van der Waals surface area contributed by atoms with E-state index in [1.165, 1.54) is 141 Å². The van der Waals surface area contributed by atoms with Gasteiger partial charge in [0.1, 0.15) is 0 Å². The third-order valence-corrected chi connectivity index (χ3v) is 12.2. The molecule has 0 aromatic heterocycles. The van der Waals surface area contributed by atoms with Crippen molar-refractivity contribution in [3.63, 3.8) is 0 Å². The zero-order valence-corrected chi connectivity index (χ0v) is 30.3. The third-order valence-electron chi connectivity index (χ3n) is 12.2. The summed E-state index contributed by atoms with van der Waals surface area (Å²) < 4.78 is 0. The van der Waals surface area contributed by atoms with Gasteiger partial charge in [-0.3, -0.25) is 0 Å². The van der Waals surface area contributed by atoms with Crippen LogP contribution in [0, 0.1) is 0 Å². The van der Waals surface area contributed by atoms with E-state index in [2.05, 4.69) is 147 Å². The van der Waals surface area contributed by atoms with Crippen LogP contribution >= 0.6 is 0 Å². The minimum absolute atomic E-state index is 0.00649. The van der Waals surface area contributed by atoms with Crippen molar-refractivity contribution in [3.8, 4) is 33.4 Å². The van der Waals surface area contributed by atoms with Crippen molar-refractivity contribution in [1.82, 2.24) is 0 Å². The molecule has 0 N–H and O–H groups in total. The van der Waals surface area contributed by atoms with Crippen molar-refractivity contribution in [2.45, 2.75) is 83.5 Å². The van der Waals surface area contributed by atoms with E-state index in [0.29, 0.717) is 0 Å². The number of hydrogen-bond donors (Lipinski definition) is 0. The number of rotatable bonds is 12. The first-order valence-corrected chi connectivity index (χ1v) is 19.6. The topological polar surface area (TPSA) is 0 Å². The second kappa shape index (κ2) is 13.3. The van der Waals surface area contributed by atoms with E-state index < -0.39 is 0 Å². The predicted octanol–water partition coefficient (Wildman–Crippen LogP) is 15.3. The fraction of sp³-hybridized carbons (Fsp3) is 0.255.